The number of nitrogens with zero attached hydrogens (tertiary/aromatic N) is 1. The van der Waals surface area contributed by atoms with Gasteiger partial charge in [-0.25, -0.2) is 0 Å². The lowest BCUT2D eigenvalue weighted by molar-refractivity contribution is 1.56. The molecule has 1 aromatic carbocycles. The van der Waals surface area contributed by atoms with Gasteiger partial charge in [0.25, 0.3) is 0 Å². The predicted octanol–water partition coefficient (Wildman–Crippen LogP) is 5.08. The molecule has 3 rings (SSSR count). The normalized spacial score (nSPS) is 12.8. The van der Waals surface area contributed by atoms with Gasteiger partial charge in [-0.2, -0.15) is 0 Å². The second-order valence-electron chi connectivity index (χ2n) is 3.80. The highest BCUT2D eigenvalue weighted by Gasteiger charge is 1.97. The van der Waals surface area contributed by atoms with Crippen LogP contribution in [0, 0.1) is 0 Å². The first-order valence-electron chi connectivity index (χ1n) is 5.78. The molecule has 2 heteroatoms. The SMILES string of the molecule is C=CC1=NC=CC1.C=Cc1csc2ccccc12. The van der Waals surface area contributed by atoms with Crippen molar-refractivity contribution in [3.8, 4) is 0 Å². The summed E-state index contributed by atoms with van der Waals surface area (Å²) in [5, 5.41) is 3.45. The third-order valence-corrected chi connectivity index (χ3v) is 3.62. The third kappa shape index (κ3) is 2.84. The van der Waals surface area contributed by atoms with Crippen LogP contribution >= 0.6 is 11.3 Å². The lowest BCUT2D eigenvalue weighted by atomic mass is 10.2. The van der Waals surface area contributed by atoms with Crippen LogP contribution in [0.15, 0.2) is 66.1 Å². The van der Waals surface area contributed by atoms with Crippen LogP contribution in [0.3, 0.4) is 0 Å². The Hall–Kier alpha value is -1.93. The molecular weight excluding hydrogens is 238 g/mol. The number of hydrogen-bond donors (Lipinski definition) is 0. The summed E-state index contributed by atoms with van der Waals surface area (Å²) in [5.41, 5.74) is 2.31. The molecule has 0 atom stereocenters. The number of fused-ring (bicyclic) bond motifs is 1. The molecule has 2 heterocycles. The molecule has 18 heavy (non-hydrogen) atoms. The number of allylic oxidation sites excluding steroid dienone is 2. The van der Waals surface area contributed by atoms with Crippen LogP contribution in [0.25, 0.3) is 16.2 Å². The fourth-order valence-electron chi connectivity index (χ4n) is 1.67. The molecule has 1 aliphatic heterocycles. The van der Waals surface area contributed by atoms with Gasteiger partial charge in [0.2, 0.25) is 0 Å². The van der Waals surface area contributed by atoms with E-state index in [9.17, 15) is 0 Å². The van der Waals surface area contributed by atoms with Crippen LogP contribution in [-0.4, -0.2) is 5.71 Å². The van der Waals surface area contributed by atoms with Crippen LogP contribution in [-0.2, 0) is 0 Å². The molecule has 1 aliphatic rings. The summed E-state index contributed by atoms with van der Waals surface area (Å²) in [4.78, 5) is 3.97. The molecular formula is C16H15NS. The van der Waals surface area contributed by atoms with Gasteiger partial charge in [-0.05, 0) is 28.5 Å². The highest BCUT2D eigenvalue weighted by molar-refractivity contribution is 7.17. The number of aliphatic imine (C=N–C) groups is 1. The van der Waals surface area contributed by atoms with Crippen LogP contribution < -0.4 is 0 Å². The fourth-order valence-corrected chi connectivity index (χ4v) is 2.61. The van der Waals surface area contributed by atoms with Crippen molar-refractivity contribution in [2.45, 2.75) is 6.42 Å². The van der Waals surface area contributed by atoms with Gasteiger partial charge in [-0.1, -0.05) is 43.5 Å². The van der Waals surface area contributed by atoms with E-state index >= 15 is 0 Å². The molecule has 1 nitrogen and oxygen atoms in total. The molecule has 0 spiro atoms. The third-order valence-electron chi connectivity index (χ3n) is 2.64. The highest BCUT2D eigenvalue weighted by Crippen LogP contribution is 2.25. The minimum atomic E-state index is 0.962. The van der Waals surface area contributed by atoms with Crippen molar-refractivity contribution in [1.29, 1.82) is 0 Å². The summed E-state index contributed by atoms with van der Waals surface area (Å²) >= 11 is 1.77. The molecule has 0 amide bonds. The second kappa shape index (κ2) is 6.12. The van der Waals surface area contributed by atoms with Crippen molar-refractivity contribution in [3.05, 3.63) is 66.7 Å². The molecule has 1 aromatic heterocycles. The predicted molar refractivity (Wildman–Crippen MR) is 83.3 cm³/mol. The van der Waals surface area contributed by atoms with Crippen molar-refractivity contribution in [1.82, 2.24) is 0 Å². The van der Waals surface area contributed by atoms with Crippen molar-refractivity contribution in [2.75, 3.05) is 0 Å². The summed E-state index contributed by atoms with van der Waals surface area (Å²) < 4.78 is 1.34. The zero-order chi connectivity index (χ0) is 12.8. The second-order valence-corrected chi connectivity index (χ2v) is 4.72. The van der Waals surface area contributed by atoms with Crippen LogP contribution in [0.5, 0.6) is 0 Å². The fraction of sp³-hybridized carbons (Fsp3) is 0.0625. The summed E-state index contributed by atoms with van der Waals surface area (Å²) in [5.74, 6) is 0. The van der Waals surface area contributed by atoms with Gasteiger partial charge in [0, 0.05) is 23.0 Å². The number of benzene rings is 1. The van der Waals surface area contributed by atoms with Crippen molar-refractivity contribution in [2.24, 2.45) is 4.99 Å². The van der Waals surface area contributed by atoms with Crippen LogP contribution in [0.1, 0.15) is 12.0 Å². The highest BCUT2D eigenvalue weighted by atomic mass is 32.1. The van der Waals surface area contributed by atoms with Gasteiger partial charge in [-0.15, -0.1) is 11.3 Å². The molecule has 2 aromatic rings. The number of thiophene rings is 1. The van der Waals surface area contributed by atoms with Crippen molar-refractivity contribution < 1.29 is 0 Å². The van der Waals surface area contributed by atoms with E-state index in [1.165, 1.54) is 15.6 Å². The summed E-state index contributed by atoms with van der Waals surface area (Å²) in [6.45, 7) is 7.33. The molecule has 0 aliphatic carbocycles. The topological polar surface area (TPSA) is 12.4 Å². The van der Waals surface area contributed by atoms with Gasteiger partial charge >= 0.3 is 0 Å². The zero-order valence-electron chi connectivity index (χ0n) is 10.2. The van der Waals surface area contributed by atoms with Gasteiger partial charge in [0.05, 0.1) is 0 Å². The maximum absolute atomic E-state index is 3.97. The van der Waals surface area contributed by atoms with Crippen LogP contribution in [0.4, 0.5) is 0 Å². The first-order valence-corrected chi connectivity index (χ1v) is 6.66. The van der Waals surface area contributed by atoms with Gasteiger partial charge in [0.15, 0.2) is 0 Å². The molecule has 90 valence electrons. The van der Waals surface area contributed by atoms with E-state index in [2.05, 4.69) is 47.8 Å². The van der Waals surface area contributed by atoms with E-state index in [0.29, 0.717) is 0 Å². The maximum Gasteiger partial charge on any atom is 0.0435 e. The Morgan fingerprint density at radius 1 is 1.17 bits per heavy atom. The largest absolute Gasteiger partial charge is 0.261 e. The molecule has 0 saturated carbocycles. The Morgan fingerprint density at radius 2 is 2.00 bits per heavy atom. The van der Waals surface area contributed by atoms with Crippen molar-refractivity contribution >= 4 is 33.2 Å². The molecule has 0 bridgehead atoms. The summed E-state index contributed by atoms with van der Waals surface area (Å²) in [7, 11) is 0. The van der Waals surface area contributed by atoms with Gasteiger partial charge in [0.1, 0.15) is 0 Å². The zero-order valence-corrected chi connectivity index (χ0v) is 11.0. The average Bonchev–Trinajstić information content (AvgIpc) is 3.08. The van der Waals surface area contributed by atoms with E-state index in [4.69, 9.17) is 0 Å². The Balaban J connectivity index is 0.000000149. The lowest BCUT2D eigenvalue weighted by Gasteiger charge is -1.88. The Bertz CT molecular complexity index is 617. The minimum absolute atomic E-state index is 0.962. The quantitative estimate of drug-likeness (QED) is 0.708. The smallest absolute Gasteiger partial charge is 0.0435 e. The van der Waals surface area contributed by atoms with Crippen LogP contribution in [0.2, 0.25) is 0 Å². The number of rotatable bonds is 2. The Labute approximate surface area is 111 Å². The first-order chi connectivity index (χ1) is 8.85. The Kier molecular flexibility index (Phi) is 4.26. The maximum atomic E-state index is 3.97. The average molecular weight is 253 g/mol. The molecule has 0 unspecified atom stereocenters. The van der Waals surface area contributed by atoms with E-state index < -0.39 is 0 Å². The summed E-state index contributed by atoms with van der Waals surface area (Å²) in [6, 6.07) is 8.38. The molecule has 0 fully saturated rings. The summed E-state index contributed by atoms with van der Waals surface area (Å²) in [6.07, 6.45) is 8.45. The Morgan fingerprint density at radius 3 is 2.61 bits per heavy atom. The monoisotopic (exact) mass is 253 g/mol. The lowest BCUT2D eigenvalue weighted by Crippen LogP contribution is -1.81. The molecule has 0 radical (unpaired) electrons. The standard InChI is InChI=1S/C10H8S.C6H7N/c1-2-8-7-11-10-6-4-3-5-9(8)10;1-2-6-4-3-5-7-6/h2-7H,1H2;2-3,5H,1,4H2. The number of hydrogen-bond acceptors (Lipinski definition) is 2. The van der Waals surface area contributed by atoms with E-state index in [0.717, 1.165) is 12.1 Å². The van der Waals surface area contributed by atoms with Gasteiger partial charge in [-0.3, -0.25) is 4.99 Å². The minimum Gasteiger partial charge on any atom is -0.261 e. The van der Waals surface area contributed by atoms with E-state index in [1.54, 1.807) is 23.6 Å². The van der Waals surface area contributed by atoms with E-state index in [1.807, 2.05) is 12.2 Å². The first kappa shape index (κ1) is 12.5. The molecule has 0 N–H and O–H groups in total. The van der Waals surface area contributed by atoms with E-state index in [-0.39, 0.29) is 0 Å². The van der Waals surface area contributed by atoms with Crippen molar-refractivity contribution in [3.63, 3.8) is 0 Å². The van der Waals surface area contributed by atoms with Gasteiger partial charge < -0.3 is 0 Å². The molecule has 0 saturated heterocycles.